The summed E-state index contributed by atoms with van der Waals surface area (Å²) in [6.07, 6.45) is 4.52. The molecule has 148 valence electrons. The number of piperidine rings is 1. The highest BCUT2D eigenvalue weighted by Gasteiger charge is 2.21. The van der Waals surface area contributed by atoms with Crippen LogP contribution in [0.15, 0.2) is 18.2 Å². The molecule has 2 heterocycles. The molecule has 0 aromatic heterocycles. The van der Waals surface area contributed by atoms with Gasteiger partial charge in [-0.2, -0.15) is 0 Å². The zero-order valence-corrected chi connectivity index (χ0v) is 17.2. The van der Waals surface area contributed by atoms with Gasteiger partial charge >= 0.3 is 0 Å². The van der Waals surface area contributed by atoms with Crippen LogP contribution in [0.5, 0.6) is 11.5 Å². The zero-order chi connectivity index (χ0) is 19.2. The number of likely N-dealkylation sites (tertiary alicyclic amines) is 2. The smallest absolute Gasteiger partial charge is 0.260 e. The molecule has 6 heteroatoms. The Morgan fingerprint density at radius 2 is 1.78 bits per heavy atom. The highest BCUT2D eigenvalue weighted by atomic mass is 32.1. The number of hydrogen-bond acceptors (Lipinski definition) is 4. The average molecular weight is 391 g/mol. The van der Waals surface area contributed by atoms with Gasteiger partial charge in [-0.25, -0.2) is 0 Å². The van der Waals surface area contributed by atoms with E-state index in [0.717, 1.165) is 55.5 Å². The Bertz CT molecular complexity index is 665. The number of rotatable bonds is 6. The number of benzene rings is 1. The van der Waals surface area contributed by atoms with Crippen LogP contribution in [0.4, 0.5) is 0 Å². The van der Waals surface area contributed by atoms with E-state index >= 15 is 0 Å². The van der Waals surface area contributed by atoms with Crippen LogP contribution in [0.1, 0.15) is 45.1 Å². The number of ether oxygens (including phenoxy) is 2. The lowest BCUT2D eigenvalue weighted by atomic mass is 9.99. The molecule has 2 fully saturated rings. The first-order valence-corrected chi connectivity index (χ1v) is 10.5. The highest BCUT2D eigenvalue weighted by Crippen LogP contribution is 2.30. The van der Waals surface area contributed by atoms with E-state index in [1.165, 1.54) is 12.8 Å². The number of amides is 1. The summed E-state index contributed by atoms with van der Waals surface area (Å²) in [5.74, 6) is 2.06. The molecule has 0 aliphatic carbocycles. The third-order valence-corrected chi connectivity index (χ3v) is 5.87. The van der Waals surface area contributed by atoms with Crippen molar-refractivity contribution in [1.29, 1.82) is 0 Å². The number of hydrogen-bond donors (Lipinski definition) is 0. The lowest BCUT2D eigenvalue weighted by Gasteiger charge is -2.32. The van der Waals surface area contributed by atoms with Crippen molar-refractivity contribution < 1.29 is 14.3 Å². The molecule has 5 nitrogen and oxygen atoms in total. The standard InChI is InChI=1S/C21H30N2O3S/c1-3-25-19-14-17(21(27)23-12-8-16(2)9-13-23)6-7-18(19)26-15-20(24)22-10-4-5-11-22/h6-7,14,16H,3-5,8-13,15H2,1-2H3. The second-order valence-electron chi connectivity index (χ2n) is 7.45. The molecule has 0 spiro atoms. The van der Waals surface area contributed by atoms with Crippen molar-refractivity contribution in [2.75, 3.05) is 39.4 Å². The predicted molar refractivity (Wildman–Crippen MR) is 111 cm³/mol. The van der Waals surface area contributed by atoms with Crippen molar-refractivity contribution in [2.45, 2.75) is 39.5 Å². The average Bonchev–Trinajstić information content (AvgIpc) is 3.22. The monoisotopic (exact) mass is 390 g/mol. The molecule has 1 aromatic rings. The largest absolute Gasteiger partial charge is 0.490 e. The molecule has 2 aliphatic rings. The fraction of sp³-hybridized carbons (Fsp3) is 0.619. The normalized spacial score (nSPS) is 17.9. The Labute approximate surface area is 167 Å². The minimum atomic E-state index is 0.0389. The molecule has 0 bridgehead atoms. The van der Waals surface area contributed by atoms with Crippen LogP contribution < -0.4 is 9.47 Å². The molecule has 1 amide bonds. The summed E-state index contributed by atoms with van der Waals surface area (Å²) >= 11 is 5.71. The van der Waals surface area contributed by atoms with Gasteiger partial charge in [0.1, 0.15) is 4.99 Å². The molecular weight excluding hydrogens is 360 g/mol. The van der Waals surface area contributed by atoms with Gasteiger partial charge < -0.3 is 19.3 Å². The van der Waals surface area contributed by atoms with Gasteiger partial charge in [0.2, 0.25) is 0 Å². The Balaban J connectivity index is 1.66. The number of thiocarbonyl (C=S) groups is 1. The molecule has 2 saturated heterocycles. The summed E-state index contributed by atoms with van der Waals surface area (Å²) < 4.78 is 11.5. The molecule has 2 aliphatic heterocycles. The van der Waals surface area contributed by atoms with Gasteiger partial charge in [0, 0.05) is 31.7 Å². The first kappa shape index (κ1) is 19.9. The number of carbonyl (C=O) groups excluding carboxylic acids is 1. The first-order chi connectivity index (χ1) is 13.1. The fourth-order valence-electron chi connectivity index (χ4n) is 3.62. The molecule has 3 rings (SSSR count). The van der Waals surface area contributed by atoms with Crippen LogP contribution in [-0.2, 0) is 4.79 Å². The van der Waals surface area contributed by atoms with Crippen molar-refractivity contribution in [3.63, 3.8) is 0 Å². The molecule has 0 N–H and O–H groups in total. The summed E-state index contributed by atoms with van der Waals surface area (Å²) in [6.45, 7) is 8.50. The molecular formula is C21H30N2O3S. The second-order valence-corrected chi connectivity index (χ2v) is 7.83. The number of nitrogens with zero attached hydrogens (tertiary/aromatic N) is 2. The lowest BCUT2D eigenvalue weighted by Crippen LogP contribution is -2.37. The maximum Gasteiger partial charge on any atom is 0.260 e. The van der Waals surface area contributed by atoms with E-state index in [4.69, 9.17) is 21.7 Å². The predicted octanol–water partition coefficient (Wildman–Crippen LogP) is 3.49. The van der Waals surface area contributed by atoms with Gasteiger partial charge in [-0.15, -0.1) is 0 Å². The van der Waals surface area contributed by atoms with E-state index < -0.39 is 0 Å². The molecule has 0 radical (unpaired) electrons. The van der Waals surface area contributed by atoms with Crippen molar-refractivity contribution in [2.24, 2.45) is 5.92 Å². The van der Waals surface area contributed by atoms with Crippen LogP contribution >= 0.6 is 12.2 Å². The third-order valence-electron chi connectivity index (χ3n) is 5.37. The maximum absolute atomic E-state index is 12.2. The summed E-state index contributed by atoms with van der Waals surface area (Å²) in [6, 6.07) is 5.79. The maximum atomic E-state index is 12.2. The van der Waals surface area contributed by atoms with E-state index in [1.807, 2.05) is 30.0 Å². The van der Waals surface area contributed by atoms with Gasteiger partial charge in [0.15, 0.2) is 18.1 Å². The molecule has 0 atom stereocenters. The Morgan fingerprint density at radius 1 is 1.07 bits per heavy atom. The summed E-state index contributed by atoms with van der Waals surface area (Å²) in [4.78, 5) is 17.2. The summed E-state index contributed by atoms with van der Waals surface area (Å²) in [5.41, 5.74) is 0.973. The van der Waals surface area contributed by atoms with Gasteiger partial charge in [-0.05, 0) is 56.7 Å². The first-order valence-electron chi connectivity index (χ1n) is 10.0. The van der Waals surface area contributed by atoms with Crippen molar-refractivity contribution >= 4 is 23.1 Å². The zero-order valence-electron chi connectivity index (χ0n) is 16.4. The highest BCUT2D eigenvalue weighted by molar-refractivity contribution is 7.80. The molecule has 27 heavy (non-hydrogen) atoms. The van der Waals surface area contributed by atoms with Gasteiger partial charge in [-0.3, -0.25) is 4.79 Å². The fourth-order valence-corrected chi connectivity index (χ4v) is 3.93. The van der Waals surface area contributed by atoms with Crippen molar-refractivity contribution in [1.82, 2.24) is 9.80 Å². The molecule has 0 unspecified atom stereocenters. The van der Waals surface area contributed by atoms with E-state index in [1.54, 1.807) is 0 Å². The summed E-state index contributed by atoms with van der Waals surface area (Å²) in [5, 5.41) is 0. The van der Waals surface area contributed by atoms with Gasteiger partial charge in [0.25, 0.3) is 5.91 Å². The van der Waals surface area contributed by atoms with Gasteiger partial charge in [0.05, 0.1) is 6.61 Å². The van der Waals surface area contributed by atoms with Crippen LogP contribution in [0.25, 0.3) is 0 Å². The second kappa shape index (κ2) is 9.40. The Morgan fingerprint density at radius 3 is 2.44 bits per heavy atom. The topological polar surface area (TPSA) is 42.0 Å². The van der Waals surface area contributed by atoms with Crippen LogP contribution in [0.3, 0.4) is 0 Å². The van der Waals surface area contributed by atoms with Crippen LogP contribution in [-0.4, -0.2) is 60.1 Å². The minimum absolute atomic E-state index is 0.0389. The summed E-state index contributed by atoms with van der Waals surface area (Å²) in [7, 11) is 0. The van der Waals surface area contributed by atoms with Gasteiger partial charge in [-0.1, -0.05) is 19.1 Å². The van der Waals surface area contributed by atoms with E-state index in [-0.39, 0.29) is 12.5 Å². The number of carbonyl (C=O) groups is 1. The SMILES string of the molecule is CCOc1cc(C(=S)N2CCC(C)CC2)ccc1OCC(=O)N1CCCC1. The van der Waals surface area contributed by atoms with Crippen molar-refractivity contribution in [3.8, 4) is 11.5 Å². The lowest BCUT2D eigenvalue weighted by molar-refractivity contribution is -0.132. The van der Waals surface area contributed by atoms with Crippen molar-refractivity contribution in [3.05, 3.63) is 23.8 Å². The minimum Gasteiger partial charge on any atom is -0.490 e. The van der Waals surface area contributed by atoms with E-state index in [0.29, 0.717) is 18.1 Å². The molecule has 1 aromatic carbocycles. The van der Waals surface area contributed by atoms with Crippen LogP contribution in [0.2, 0.25) is 0 Å². The molecule has 0 saturated carbocycles. The van der Waals surface area contributed by atoms with Crippen LogP contribution in [0, 0.1) is 5.92 Å². The van der Waals surface area contributed by atoms with E-state index in [9.17, 15) is 4.79 Å². The Hall–Kier alpha value is -1.82. The quantitative estimate of drug-likeness (QED) is 0.696. The van der Waals surface area contributed by atoms with E-state index in [2.05, 4.69) is 11.8 Å². The third kappa shape index (κ3) is 5.12. The Kier molecular flexibility index (Phi) is 6.94.